The van der Waals surface area contributed by atoms with E-state index in [1.807, 2.05) is 38.1 Å². The molecule has 29 heavy (non-hydrogen) atoms. The van der Waals surface area contributed by atoms with Crippen LogP contribution in [0.4, 0.5) is 5.69 Å². The maximum Gasteiger partial charge on any atom is 0.256 e. The van der Waals surface area contributed by atoms with Crippen LogP contribution in [-0.4, -0.2) is 48.3 Å². The predicted molar refractivity (Wildman–Crippen MR) is 118 cm³/mol. The van der Waals surface area contributed by atoms with Crippen LogP contribution >= 0.6 is 11.8 Å². The summed E-state index contributed by atoms with van der Waals surface area (Å²) in [5.41, 5.74) is 1.83. The van der Waals surface area contributed by atoms with Crippen LogP contribution in [0.5, 0.6) is 0 Å². The highest BCUT2D eigenvalue weighted by Gasteiger charge is 2.18. The number of hydrogen-bond donors (Lipinski definition) is 1. The number of amides is 2. The summed E-state index contributed by atoms with van der Waals surface area (Å²) < 4.78 is 5.69. The molecule has 5 nitrogen and oxygen atoms in total. The number of hydrogen-bond acceptors (Lipinski definition) is 4. The molecule has 0 aliphatic carbocycles. The van der Waals surface area contributed by atoms with Gasteiger partial charge in [-0.2, -0.15) is 0 Å². The van der Waals surface area contributed by atoms with E-state index in [1.54, 1.807) is 40.9 Å². The SMILES string of the molecule is CCN(CC)C(=O)c1cccc(NC(=O)c2ccccc2SCC2CCCO2)c1. The summed E-state index contributed by atoms with van der Waals surface area (Å²) in [6.07, 6.45) is 2.45. The van der Waals surface area contributed by atoms with Crippen molar-refractivity contribution in [1.82, 2.24) is 4.90 Å². The van der Waals surface area contributed by atoms with Gasteiger partial charge in [-0.3, -0.25) is 9.59 Å². The fourth-order valence-electron chi connectivity index (χ4n) is 3.36. The first-order valence-electron chi connectivity index (χ1n) is 10.2. The van der Waals surface area contributed by atoms with Gasteiger partial charge in [-0.15, -0.1) is 11.8 Å². The normalized spacial score (nSPS) is 15.9. The maximum atomic E-state index is 12.9. The Hall–Kier alpha value is -2.31. The van der Waals surface area contributed by atoms with Gasteiger partial charge in [-0.1, -0.05) is 18.2 Å². The molecular formula is C23H28N2O3S. The minimum atomic E-state index is -0.173. The molecule has 2 amide bonds. The Kier molecular flexibility index (Phi) is 7.72. The summed E-state index contributed by atoms with van der Waals surface area (Å²) in [7, 11) is 0. The molecule has 0 spiro atoms. The van der Waals surface area contributed by atoms with E-state index in [4.69, 9.17) is 4.74 Å². The maximum absolute atomic E-state index is 12.9. The number of carbonyl (C=O) groups excluding carboxylic acids is 2. The number of nitrogens with zero attached hydrogens (tertiary/aromatic N) is 1. The Morgan fingerprint density at radius 1 is 1.14 bits per heavy atom. The van der Waals surface area contributed by atoms with Crippen LogP contribution in [0.25, 0.3) is 0 Å². The van der Waals surface area contributed by atoms with E-state index in [-0.39, 0.29) is 17.9 Å². The summed E-state index contributed by atoms with van der Waals surface area (Å²) in [6, 6.07) is 14.7. The van der Waals surface area contributed by atoms with E-state index in [2.05, 4.69) is 5.32 Å². The summed E-state index contributed by atoms with van der Waals surface area (Å²) in [4.78, 5) is 28.2. The van der Waals surface area contributed by atoms with Gasteiger partial charge in [0.25, 0.3) is 11.8 Å². The number of ether oxygens (including phenoxy) is 1. The zero-order valence-electron chi connectivity index (χ0n) is 17.0. The van der Waals surface area contributed by atoms with Crippen molar-refractivity contribution in [2.45, 2.75) is 37.7 Å². The number of rotatable bonds is 8. The molecule has 154 valence electrons. The second kappa shape index (κ2) is 10.5. The molecule has 0 bridgehead atoms. The third-order valence-corrected chi connectivity index (χ3v) is 6.20. The van der Waals surface area contributed by atoms with Gasteiger partial charge in [-0.05, 0) is 57.0 Å². The first kappa shape index (κ1) is 21.4. The van der Waals surface area contributed by atoms with Gasteiger partial charge in [-0.25, -0.2) is 0 Å². The lowest BCUT2D eigenvalue weighted by Gasteiger charge is -2.19. The van der Waals surface area contributed by atoms with Crippen molar-refractivity contribution in [2.75, 3.05) is 30.8 Å². The minimum absolute atomic E-state index is 0.0291. The summed E-state index contributed by atoms with van der Waals surface area (Å²) in [6.45, 7) is 6.05. The van der Waals surface area contributed by atoms with Gasteiger partial charge < -0.3 is 15.0 Å². The Labute approximate surface area is 176 Å². The van der Waals surface area contributed by atoms with Gasteiger partial charge >= 0.3 is 0 Å². The topological polar surface area (TPSA) is 58.6 Å². The van der Waals surface area contributed by atoms with E-state index in [0.29, 0.717) is 29.9 Å². The molecule has 1 aliphatic heterocycles. The van der Waals surface area contributed by atoms with E-state index < -0.39 is 0 Å². The second-order valence-electron chi connectivity index (χ2n) is 6.95. The van der Waals surface area contributed by atoms with E-state index in [1.165, 1.54) is 0 Å². The Morgan fingerprint density at radius 3 is 2.66 bits per heavy atom. The van der Waals surface area contributed by atoms with Crippen LogP contribution in [0.2, 0.25) is 0 Å². The first-order valence-corrected chi connectivity index (χ1v) is 11.1. The van der Waals surface area contributed by atoms with Crippen molar-refractivity contribution >= 4 is 29.3 Å². The lowest BCUT2D eigenvalue weighted by Crippen LogP contribution is -2.30. The van der Waals surface area contributed by atoms with Crippen molar-refractivity contribution < 1.29 is 14.3 Å². The molecule has 2 aromatic rings. The fraction of sp³-hybridized carbons (Fsp3) is 0.391. The van der Waals surface area contributed by atoms with Crippen LogP contribution in [0.3, 0.4) is 0 Å². The zero-order chi connectivity index (χ0) is 20.6. The Bertz CT molecular complexity index is 846. The molecule has 1 heterocycles. The number of anilines is 1. The molecule has 2 aromatic carbocycles. The highest BCUT2D eigenvalue weighted by molar-refractivity contribution is 7.99. The molecule has 1 fully saturated rings. The van der Waals surface area contributed by atoms with Gasteiger partial charge in [0, 0.05) is 41.6 Å². The molecule has 0 aromatic heterocycles. The first-order chi connectivity index (χ1) is 14.1. The van der Waals surface area contributed by atoms with Gasteiger partial charge in [0.1, 0.15) is 0 Å². The van der Waals surface area contributed by atoms with Gasteiger partial charge in [0.15, 0.2) is 0 Å². The van der Waals surface area contributed by atoms with Crippen molar-refractivity contribution in [2.24, 2.45) is 0 Å². The van der Waals surface area contributed by atoms with Crippen LogP contribution in [0.15, 0.2) is 53.4 Å². The smallest absolute Gasteiger partial charge is 0.256 e. The highest BCUT2D eigenvalue weighted by atomic mass is 32.2. The molecular weight excluding hydrogens is 384 g/mol. The van der Waals surface area contributed by atoms with E-state index in [0.717, 1.165) is 30.1 Å². The van der Waals surface area contributed by atoms with E-state index in [9.17, 15) is 9.59 Å². The van der Waals surface area contributed by atoms with Gasteiger partial charge in [0.05, 0.1) is 11.7 Å². The second-order valence-corrected chi connectivity index (χ2v) is 8.02. The Morgan fingerprint density at radius 2 is 1.93 bits per heavy atom. The molecule has 1 aliphatic rings. The van der Waals surface area contributed by atoms with Crippen LogP contribution in [-0.2, 0) is 4.74 Å². The van der Waals surface area contributed by atoms with Crippen molar-refractivity contribution in [1.29, 1.82) is 0 Å². The van der Waals surface area contributed by atoms with Crippen molar-refractivity contribution in [3.63, 3.8) is 0 Å². The van der Waals surface area contributed by atoms with Crippen LogP contribution < -0.4 is 5.32 Å². The predicted octanol–water partition coefficient (Wildman–Crippen LogP) is 4.69. The number of thioether (sulfide) groups is 1. The van der Waals surface area contributed by atoms with Crippen LogP contribution in [0.1, 0.15) is 47.4 Å². The average Bonchev–Trinajstić information content (AvgIpc) is 3.27. The van der Waals surface area contributed by atoms with Crippen molar-refractivity contribution in [3.05, 3.63) is 59.7 Å². The Balaban J connectivity index is 1.70. The summed E-state index contributed by atoms with van der Waals surface area (Å²) in [5, 5.41) is 2.94. The third kappa shape index (κ3) is 5.61. The fourth-order valence-corrected chi connectivity index (χ4v) is 4.48. The molecule has 1 saturated heterocycles. The molecule has 1 unspecified atom stereocenters. The summed E-state index contributed by atoms with van der Waals surface area (Å²) in [5.74, 6) is 0.643. The lowest BCUT2D eigenvalue weighted by molar-refractivity contribution is 0.0772. The minimum Gasteiger partial charge on any atom is -0.377 e. The number of benzene rings is 2. The quantitative estimate of drug-likeness (QED) is 0.639. The molecule has 0 radical (unpaired) electrons. The van der Waals surface area contributed by atoms with Crippen molar-refractivity contribution in [3.8, 4) is 0 Å². The number of carbonyl (C=O) groups is 2. The van der Waals surface area contributed by atoms with Crippen LogP contribution in [0, 0.1) is 0 Å². The third-order valence-electron chi connectivity index (χ3n) is 5.00. The molecule has 1 atom stereocenters. The largest absolute Gasteiger partial charge is 0.377 e. The lowest BCUT2D eigenvalue weighted by atomic mass is 10.1. The number of nitrogens with one attached hydrogen (secondary N) is 1. The summed E-state index contributed by atoms with van der Waals surface area (Å²) >= 11 is 1.65. The average molecular weight is 413 g/mol. The standard InChI is InChI=1S/C23H28N2O3S/c1-3-25(4-2)23(27)17-9-7-10-18(15-17)24-22(26)20-12-5-6-13-21(20)29-16-19-11-8-14-28-19/h5-7,9-10,12-13,15,19H,3-4,8,11,14,16H2,1-2H3,(H,24,26). The molecule has 6 heteroatoms. The molecule has 3 rings (SSSR count). The monoisotopic (exact) mass is 412 g/mol. The highest BCUT2D eigenvalue weighted by Crippen LogP contribution is 2.27. The molecule has 0 saturated carbocycles. The zero-order valence-corrected chi connectivity index (χ0v) is 17.8. The molecule has 1 N–H and O–H groups in total. The van der Waals surface area contributed by atoms with E-state index >= 15 is 0 Å². The van der Waals surface area contributed by atoms with Gasteiger partial charge in [0.2, 0.25) is 0 Å².